The molecule has 0 saturated carbocycles. The van der Waals surface area contributed by atoms with Gasteiger partial charge in [-0.05, 0) is 6.42 Å². The van der Waals surface area contributed by atoms with Crippen LogP contribution in [0.1, 0.15) is 18.5 Å². The first-order chi connectivity index (χ1) is 11.2. The Morgan fingerprint density at radius 1 is 1.35 bits per heavy atom. The largest absolute Gasteiger partial charge is 0.340 e. The van der Waals surface area contributed by atoms with E-state index in [1.54, 1.807) is 22.7 Å². The quantitative estimate of drug-likeness (QED) is 0.776. The number of nitrogens with zero attached hydrogens (tertiary/aromatic N) is 4. The molecule has 122 valence electrons. The minimum Gasteiger partial charge on any atom is -0.340 e. The van der Waals surface area contributed by atoms with Gasteiger partial charge in [-0.1, -0.05) is 6.08 Å². The normalized spacial score (nSPS) is 15.9. The Bertz CT molecular complexity index is 759. The highest BCUT2D eigenvalue weighted by atomic mass is 32.1. The minimum atomic E-state index is -0.0375. The van der Waals surface area contributed by atoms with E-state index < -0.39 is 0 Å². The van der Waals surface area contributed by atoms with Gasteiger partial charge in [0, 0.05) is 56.8 Å². The van der Waals surface area contributed by atoms with Crippen molar-refractivity contribution >= 4 is 22.2 Å². The number of amides is 1. The number of aromatic nitrogens is 2. The number of carbonyl (C=O) groups excluding carboxylic acids is 1. The van der Waals surface area contributed by atoms with Crippen LogP contribution in [0.3, 0.4) is 0 Å². The number of fused-ring (bicyclic) bond motifs is 1. The number of rotatable bonds is 5. The molecule has 0 atom stereocenters. The van der Waals surface area contributed by atoms with Crippen LogP contribution in [-0.2, 0) is 11.3 Å². The van der Waals surface area contributed by atoms with Crippen molar-refractivity contribution in [2.24, 2.45) is 0 Å². The Kier molecular flexibility index (Phi) is 4.88. The number of thiazole rings is 1. The fraction of sp³-hybridized carbons (Fsp3) is 0.438. The summed E-state index contributed by atoms with van der Waals surface area (Å²) in [4.78, 5) is 33.4. The van der Waals surface area contributed by atoms with Crippen molar-refractivity contribution in [3.8, 4) is 0 Å². The molecule has 1 fully saturated rings. The number of allylic oxidation sites excluding steroid dienone is 1. The zero-order valence-electron chi connectivity index (χ0n) is 13.0. The van der Waals surface area contributed by atoms with E-state index in [0.29, 0.717) is 13.0 Å². The highest BCUT2D eigenvalue weighted by molar-refractivity contribution is 7.15. The van der Waals surface area contributed by atoms with E-state index in [4.69, 9.17) is 0 Å². The molecule has 0 spiro atoms. The van der Waals surface area contributed by atoms with E-state index in [9.17, 15) is 9.59 Å². The zero-order chi connectivity index (χ0) is 16.2. The smallest absolute Gasteiger partial charge is 0.258 e. The molecule has 0 unspecified atom stereocenters. The minimum absolute atomic E-state index is 0.0375. The predicted octanol–water partition coefficient (Wildman–Crippen LogP) is 1.37. The van der Waals surface area contributed by atoms with E-state index in [-0.39, 0.29) is 11.5 Å². The molecule has 1 amide bonds. The fourth-order valence-corrected chi connectivity index (χ4v) is 3.48. The van der Waals surface area contributed by atoms with Gasteiger partial charge >= 0.3 is 0 Å². The van der Waals surface area contributed by atoms with Crippen molar-refractivity contribution in [3.63, 3.8) is 0 Å². The summed E-state index contributed by atoms with van der Waals surface area (Å²) in [7, 11) is 0. The molecule has 3 heterocycles. The fourth-order valence-electron chi connectivity index (χ4n) is 2.74. The van der Waals surface area contributed by atoms with Gasteiger partial charge in [-0.3, -0.25) is 18.9 Å². The van der Waals surface area contributed by atoms with Crippen molar-refractivity contribution in [1.29, 1.82) is 0 Å². The van der Waals surface area contributed by atoms with Gasteiger partial charge in [0.2, 0.25) is 5.91 Å². The van der Waals surface area contributed by atoms with Gasteiger partial charge in [0.25, 0.3) is 5.56 Å². The van der Waals surface area contributed by atoms with E-state index in [0.717, 1.165) is 43.3 Å². The second-order valence-electron chi connectivity index (χ2n) is 5.63. The highest BCUT2D eigenvalue weighted by Gasteiger charge is 2.21. The van der Waals surface area contributed by atoms with Gasteiger partial charge < -0.3 is 4.90 Å². The lowest BCUT2D eigenvalue weighted by Crippen LogP contribution is -2.48. The summed E-state index contributed by atoms with van der Waals surface area (Å²) in [5.74, 6) is 0.195. The molecule has 1 aliphatic heterocycles. The summed E-state index contributed by atoms with van der Waals surface area (Å²) in [5, 5.41) is 1.86. The Hall–Kier alpha value is -1.99. The first-order valence-electron chi connectivity index (χ1n) is 7.74. The van der Waals surface area contributed by atoms with Crippen LogP contribution in [0.4, 0.5) is 0 Å². The van der Waals surface area contributed by atoms with Crippen LogP contribution in [0.25, 0.3) is 4.96 Å². The lowest BCUT2D eigenvalue weighted by atomic mass is 10.2. The second kappa shape index (κ2) is 7.06. The van der Waals surface area contributed by atoms with E-state index in [1.807, 2.05) is 10.3 Å². The average Bonchev–Trinajstić information content (AvgIpc) is 3.02. The van der Waals surface area contributed by atoms with Crippen LogP contribution in [-0.4, -0.2) is 51.3 Å². The van der Waals surface area contributed by atoms with Crippen molar-refractivity contribution in [3.05, 3.63) is 46.3 Å². The average molecular weight is 332 g/mol. The van der Waals surface area contributed by atoms with Crippen LogP contribution in [0.2, 0.25) is 0 Å². The van der Waals surface area contributed by atoms with Crippen LogP contribution >= 0.6 is 11.3 Å². The molecule has 23 heavy (non-hydrogen) atoms. The summed E-state index contributed by atoms with van der Waals surface area (Å²) in [6.45, 7) is 7.39. The SMILES string of the molecule is C=CCCC(=O)N1CCN(Cc2cc(=O)n3ccsc3n2)CC1. The van der Waals surface area contributed by atoms with Crippen molar-refractivity contribution in [2.75, 3.05) is 26.2 Å². The molecule has 6 nitrogen and oxygen atoms in total. The lowest BCUT2D eigenvalue weighted by Gasteiger charge is -2.34. The summed E-state index contributed by atoms with van der Waals surface area (Å²) < 4.78 is 1.56. The highest BCUT2D eigenvalue weighted by Crippen LogP contribution is 2.11. The van der Waals surface area contributed by atoms with E-state index >= 15 is 0 Å². The molecule has 2 aromatic heterocycles. The number of carbonyl (C=O) groups is 1. The second-order valence-corrected chi connectivity index (χ2v) is 6.50. The molecule has 0 N–H and O–H groups in total. The van der Waals surface area contributed by atoms with Gasteiger partial charge in [-0.2, -0.15) is 0 Å². The van der Waals surface area contributed by atoms with Gasteiger partial charge in [-0.15, -0.1) is 17.9 Å². The maximum Gasteiger partial charge on any atom is 0.258 e. The van der Waals surface area contributed by atoms with Gasteiger partial charge in [0.1, 0.15) is 0 Å². The van der Waals surface area contributed by atoms with E-state index in [1.165, 1.54) is 11.3 Å². The zero-order valence-corrected chi connectivity index (χ0v) is 13.8. The molecule has 7 heteroatoms. The lowest BCUT2D eigenvalue weighted by molar-refractivity contribution is -0.132. The predicted molar refractivity (Wildman–Crippen MR) is 90.6 cm³/mol. The summed E-state index contributed by atoms with van der Waals surface area (Å²) in [6, 6.07) is 1.60. The molecule has 1 aliphatic rings. The van der Waals surface area contributed by atoms with Gasteiger partial charge in [0.05, 0.1) is 5.69 Å². The third-order valence-electron chi connectivity index (χ3n) is 4.03. The third-order valence-corrected chi connectivity index (χ3v) is 4.79. The summed E-state index contributed by atoms with van der Waals surface area (Å²) >= 11 is 1.46. The topological polar surface area (TPSA) is 57.9 Å². The van der Waals surface area contributed by atoms with Crippen LogP contribution < -0.4 is 5.56 Å². The van der Waals surface area contributed by atoms with Gasteiger partial charge in [-0.25, -0.2) is 4.98 Å². The van der Waals surface area contributed by atoms with Crippen molar-refractivity contribution < 1.29 is 4.79 Å². The Morgan fingerprint density at radius 3 is 2.87 bits per heavy atom. The Labute approximate surface area is 138 Å². The van der Waals surface area contributed by atoms with Crippen LogP contribution in [0, 0.1) is 0 Å². The van der Waals surface area contributed by atoms with Crippen molar-refractivity contribution in [2.45, 2.75) is 19.4 Å². The molecule has 3 rings (SSSR count). The molecule has 0 aromatic carbocycles. The Balaban J connectivity index is 1.58. The molecular weight excluding hydrogens is 312 g/mol. The number of piperazine rings is 1. The molecule has 1 saturated heterocycles. The van der Waals surface area contributed by atoms with Crippen molar-refractivity contribution in [1.82, 2.24) is 19.2 Å². The molecule has 0 bridgehead atoms. The van der Waals surface area contributed by atoms with Crippen LogP contribution in [0.15, 0.2) is 35.1 Å². The van der Waals surface area contributed by atoms with Crippen LogP contribution in [0.5, 0.6) is 0 Å². The van der Waals surface area contributed by atoms with Gasteiger partial charge in [0.15, 0.2) is 4.96 Å². The summed E-state index contributed by atoms with van der Waals surface area (Å²) in [5.41, 5.74) is 0.758. The Morgan fingerprint density at radius 2 is 2.13 bits per heavy atom. The molecule has 2 aromatic rings. The molecule has 0 aliphatic carbocycles. The standard InChI is InChI=1S/C16H20N4O2S/c1-2-3-4-14(21)19-7-5-18(6-8-19)12-13-11-15(22)20-9-10-23-16(20)17-13/h2,9-11H,1,3-8,12H2. The first-order valence-corrected chi connectivity index (χ1v) is 8.62. The number of hydrogen-bond donors (Lipinski definition) is 0. The van der Waals surface area contributed by atoms with E-state index in [2.05, 4.69) is 16.5 Å². The monoisotopic (exact) mass is 332 g/mol. The first kappa shape index (κ1) is 15.9. The number of hydrogen-bond acceptors (Lipinski definition) is 5. The summed E-state index contributed by atoms with van der Waals surface area (Å²) in [6.07, 6.45) is 4.79. The molecule has 0 radical (unpaired) electrons. The maximum absolute atomic E-state index is 12.0. The third kappa shape index (κ3) is 3.68. The maximum atomic E-state index is 12.0. The molecular formula is C16H20N4O2S.